The van der Waals surface area contributed by atoms with Crippen LogP contribution >= 0.6 is 0 Å². The molecule has 0 spiro atoms. The zero-order chi connectivity index (χ0) is 13.1. The molecule has 0 aliphatic carbocycles. The first-order valence-corrected chi connectivity index (χ1v) is 6.96. The molecule has 4 nitrogen and oxygen atoms in total. The van der Waals surface area contributed by atoms with Crippen LogP contribution < -0.4 is 4.74 Å². The van der Waals surface area contributed by atoms with Crippen molar-refractivity contribution in [2.45, 2.75) is 25.6 Å². The Kier molecular flexibility index (Phi) is 4.54. The Morgan fingerprint density at radius 2 is 1.76 bits per heavy atom. The molecule has 0 bridgehead atoms. The van der Waals surface area contributed by atoms with Crippen LogP contribution in [0.4, 0.5) is 0 Å². The zero-order valence-electron chi connectivity index (χ0n) is 10.7. The lowest BCUT2D eigenvalue weighted by molar-refractivity contribution is 0.414. The Labute approximate surface area is 103 Å². The third kappa shape index (κ3) is 3.44. The van der Waals surface area contributed by atoms with Crippen LogP contribution in [-0.4, -0.2) is 32.1 Å². The molecular formula is C12H19NO3S. The maximum Gasteiger partial charge on any atom is 0.216 e. The van der Waals surface area contributed by atoms with E-state index in [2.05, 4.69) is 0 Å². The standard InChI is InChI=1S/C12H19NO3S/c1-10(2)17(14,15)13(3)9-11-5-7-12(16-4)8-6-11/h5-8,10H,9H2,1-4H3. The van der Waals surface area contributed by atoms with Crippen LogP contribution in [0.15, 0.2) is 24.3 Å². The molecule has 0 saturated heterocycles. The minimum absolute atomic E-state index is 0.379. The summed E-state index contributed by atoms with van der Waals surface area (Å²) >= 11 is 0. The minimum Gasteiger partial charge on any atom is -0.497 e. The van der Waals surface area contributed by atoms with Crippen LogP contribution in [0.25, 0.3) is 0 Å². The SMILES string of the molecule is COc1ccc(CN(C)S(=O)(=O)C(C)C)cc1. The summed E-state index contributed by atoms with van der Waals surface area (Å²) in [5.74, 6) is 0.767. The smallest absolute Gasteiger partial charge is 0.216 e. The van der Waals surface area contributed by atoms with E-state index in [9.17, 15) is 8.42 Å². The Balaban J connectivity index is 2.78. The second-order valence-electron chi connectivity index (χ2n) is 4.20. The molecule has 1 aromatic carbocycles. The van der Waals surface area contributed by atoms with E-state index in [4.69, 9.17) is 4.74 Å². The predicted octanol–water partition coefficient (Wildman–Crippen LogP) is 1.87. The molecule has 96 valence electrons. The third-order valence-electron chi connectivity index (χ3n) is 2.59. The molecule has 0 amide bonds. The molecule has 0 saturated carbocycles. The monoisotopic (exact) mass is 257 g/mol. The van der Waals surface area contributed by atoms with Crippen LogP contribution in [0.2, 0.25) is 0 Å². The van der Waals surface area contributed by atoms with Crippen molar-refractivity contribution in [3.63, 3.8) is 0 Å². The summed E-state index contributed by atoms with van der Waals surface area (Å²) in [6.45, 7) is 3.74. The van der Waals surface area contributed by atoms with Gasteiger partial charge in [-0.3, -0.25) is 0 Å². The molecule has 0 N–H and O–H groups in total. The van der Waals surface area contributed by atoms with Gasteiger partial charge in [-0.2, -0.15) is 0 Å². The first kappa shape index (κ1) is 14.0. The van der Waals surface area contributed by atoms with Crippen molar-refractivity contribution in [1.82, 2.24) is 4.31 Å². The van der Waals surface area contributed by atoms with Gasteiger partial charge in [0, 0.05) is 13.6 Å². The number of sulfonamides is 1. The number of methoxy groups -OCH3 is 1. The molecular weight excluding hydrogens is 238 g/mol. The molecule has 17 heavy (non-hydrogen) atoms. The highest BCUT2D eigenvalue weighted by atomic mass is 32.2. The molecule has 0 fully saturated rings. The fourth-order valence-corrected chi connectivity index (χ4v) is 2.49. The molecule has 0 heterocycles. The molecule has 0 aliphatic heterocycles. The molecule has 5 heteroatoms. The van der Waals surface area contributed by atoms with Crippen LogP contribution in [0, 0.1) is 0 Å². The van der Waals surface area contributed by atoms with Crippen LogP contribution in [0.3, 0.4) is 0 Å². The lowest BCUT2D eigenvalue weighted by Crippen LogP contribution is -2.32. The summed E-state index contributed by atoms with van der Waals surface area (Å²) in [5, 5.41) is -0.397. The van der Waals surface area contributed by atoms with Gasteiger partial charge in [0.1, 0.15) is 5.75 Å². The van der Waals surface area contributed by atoms with E-state index in [0.717, 1.165) is 11.3 Å². The molecule has 0 unspecified atom stereocenters. The Morgan fingerprint density at radius 3 is 2.18 bits per heavy atom. The Morgan fingerprint density at radius 1 is 1.24 bits per heavy atom. The number of ether oxygens (including phenoxy) is 1. The molecule has 1 aromatic rings. The maximum absolute atomic E-state index is 11.9. The van der Waals surface area contributed by atoms with E-state index >= 15 is 0 Å². The van der Waals surface area contributed by atoms with Crippen molar-refractivity contribution >= 4 is 10.0 Å². The maximum atomic E-state index is 11.9. The highest BCUT2D eigenvalue weighted by molar-refractivity contribution is 7.89. The summed E-state index contributed by atoms with van der Waals surface area (Å²) < 4.78 is 30.1. The second-order valence-corrected chi connectivity index (χ2v) is 6.79. The molecule has 1 rings (SSSR count). The second kappa shape index (κ2) is 5.51. The van der Waals surface area contributed by atoms with E-state index in [0.29, 0.717) is 6.54 Å². The van der Waals surface area contributed by atoms with E-state index in [1.165, 1.54) is 4.31 Å². The van der Waals surface area contributed by atoms with Gasteiger partial charge < -0.3 is 4.74 Å². The lowest BCUT2D eigenvalue weighted by atomic mass is 10.2. The minimum atomic E-state index is -3.19. The fourth-order valence-electron chi connectivity index (χ4n) is 1.44. The van der Waals surface area contributed by atoms with Gasteiger partial charge in [-0.15, -0.1) is 0 Å². The quantitative estimate of drug-likeness (QED) is 0.809. The van der Waals surface area contributed by atoms with Gasteiger partial charge >= 0.3 is 0 Å². The van der Waals surface area contributed by atoms with Crippen molar-refractivity contribution in [2.24, 2.45) is 0 Å². The highest BCUT2D eigenvalue weighted by Crippen LogP contribution is 2.15. The van der Waals surface area contributed by atoms with Crippen LogP contribution in [0.1, 0.15) is 19.4 Å². The zero-order valence-corrected chi connectivity index (χ0v) is 11.5. The summed E-state index contributed by atoms with van der Waals surface area (Å²) in [4.78, 5) is 0. The first-order chi connectivity index (χ1) is 7.87. The van der Waals surface area contributed by atoms with Crippen molar-refractivity contribution in [3.05, 3.63) is 29.8 Å². The van der Waals surface area contributed by atoms with Crippen molar-refractivity contribution in [3.8, 4) is 5.75 Å². The number of nitrogens with zero attached hydrogens (tertiary/aromatic N) is 1. The van der Waals surface area contributed by atoms with Crippen molar-refractivity contribution in [1.29, 1.82) is 0 Å². The molecule has 0 aromatic heterocycles. The summed E-state index contributed by atoms with van der Waals surface area (Å²) in [5.41, 5.74) is 0.942. The van der Waals surface area contributed by atoms with Crippen LogP contribution in [0.5, 0.6) is 5.75 Å². The summed E-state index contributed by atoms with van der Waals surface area (Å²) in [6, 6.07) is 7.38. The molecule has 0 radical (unpaired) electrons. The van der Waals surface area contributed by atoms with E-state index in [1.54, 1.807) is 28.0 Å². The van der Waals surface area contributed by atoms with Crippen molar-refractivity contribution in [2.75, 3.05) is 14.2 Å². The average Bonchev–Trinajstić information content (AvgIpc) is 2.29. The fraction of sp³-hybridized carbons (Fsp3) is 0.500. The van der Waals surface area contributed by atoms with Gasteiger partial charge in [0.25, 0.3) is 0 Å². The van der Waals surface area contributed by atoms with E-state index in [-0.39, 0.29) is 0 Å². The number of benzene rings is 1. The van der Waals surface area contributed by atoms with Gasteiger partial charge in [0.05, 0.1) is 12.4 Å². The number of rotatable bonds is 5. The van der Waals surface area contributed by atoms with Gasteiger partial charge in [0.2, 0.25) is 10.0 Å². The molecule has 0 aliphatic rings. The van der Waals surface area contributed by atoms with Gasteiger partial charge in [-0.25, -0.2) is 12.7 Å². The summed E-state index contributed by atoms with van der Waals surface area (Å²) in [6.07, 6.45) is 0. The molecule has 0 atom stereocenters. The number of hydrogen-bond donors (Lipinski definition) is 0. The van der Waals surface area contributed by atoms with Gasteiger partial charge in [-0.1, -0.05) is 12.1 Å². The largest absolute Gasteiger partial charge is 0.497 e. The average molecular weight is 257 g/mol. The van der Waals surface area contributed by atoms with Gasteiger partial charge in [0.15, 0.2) is 0 Å². The van der Waals surface area contributed by atoms with Crippen molar-refractivity contribution < 1.29 is 13.2 Å². The Hall–Kier alpha value is -1.07. The van der Waals surface area contributed by atoms with E-state index < -0.39 is 15.3 Å². The van der Waals surface area contributed by atoms with E-state index in [1.807, 2.05) is 24.3 Å². The normalized spacial score (nSPS) is 12.1. The Bertz CT molecular complexity index is 451. The summed E-state index contributed by atoms with van der Waals surface area (Å²) in [7, 11) is 0.00963. The highest BCUT2D eigenvalue weighted by Gasteiger charge is 2.21. The number of hydrogen-bond acceptors (Lipinski definition) is 3. The lowest BCUT2D eigenvalue weighted by Gasteiger charge is -2.19. The van der Waals surface area contributed by atoms with Gasteiger partial charge in [-0.05, 0) is 31.5 Å². The predicted molar refractivity (Wildman–Crippen MR) is 68.5 cm³/mol. The van der Waals surface area contributed by atoms with Crippen LogP contribution in [-0.2, 0) is 16.6 Å². The topological polar surface area (TPSA) is 46.6 Å². The third-order valence-corrected chi connectivity index (χ3v) is 4.78. The first-order valence-electron chi connectivity index (χ1n) is 5.46.